The van der Waals surface area contributed by atoms with Crippen molar-refractivity contribution in [2.45, 2.75) is 72.8 Å². The van der Waals surface area contributed by atoms with E-state index in [4.69, 9.17) is 9.84 Å². The van der Waals surface area contributed by atoms with Gasteiger partial charge in [0.2, 0.25) is 0 Å². The normalized spacial score (nSPS) is 17.5. The second kappa shape index (κ2) is 12.7. The van der Waals surface area contributed by atoms with Gasteiger partial charge in [0.05, 0.1) is 13.2 Å². The minimum atomic E-state index is -0.554. The van der Waals surface area contributed by atoms with E-state index in [-0.39, 0.29) is 18.6 Å². The average Bonchev–Trinajstić information content (AvgIpc) is 2.54. The van der Waals surface area contributed by atoms with Crippen molar-refractivity contribution < 1.29 is 14.9 Å². The maximum absolute atomic E-state index is 9.58. The summed E-state index contributed by atoms with van der Waals surface area (Å²) in [5.41, 5.74) is -0.726. The summed E-state index contributed by atoms with van der Waals surface area (Å²) in [6, 6.07) is 0. The van der Waals surface area contributed by atoms with Gasteiger partial charge in [-0.3, -0.25) is 0 Å². The molecule has 3 N–H and O–H groups in total. The molecule has 0 radical (unpaired) electrons. The number of hydrogen-bond donors (Lipinski definition) is 3. The Morgan fingerprint density at radius 1 is 0.923 bits per heavy atom. The van der Waals surface area contributed by atoms with Crippen LogP contribution in [0.4, 0.5) is 0 Å². The zero-order chi connectivity index (χ0) is 20.2. The van der Waals surface area contributed by atoms with Crippen molar-refractivity contribution in [1.82, 2.24) is 5.32 Å². The van der Waals surface area contributed by atoms with Gasteiger partial charge in [0, 0.05) is 12.0 Å². The van der Waals surface area contributed by atoms with Gasteiger partial charge in [0.1, 0.15) is 5.60 Å². The van der Waals surface area contributed by atoms with Crippen molar-refractivity contribution in [3.05, 3.63) is 0 Å². The molecule has 0 heterocycles. The molecule has 0 aromatic heterocycles. The first-order valence-electron chi connectivity index (χ1n) is 10.2. The lowest BCUT2D eigenvalue weighted by molar-refractivity contribution is -0.0184. The molecular formula is C22H43NO3. The smallest absolute Gasteiger partial charge is 0.126 e. The van der Waals surface area contributed by atoms with E-state index in [1.54, 1.807) is 0 Å². The van der Waals surface area contributed by atoms with Crippen LogP contribution in [0.5, 0.6) is 0 Å². The molecular weight excluding hydrogens is 326 g/mol. The summed E-state index contributed by atoms with van der Waals surface area (Å²) in [5, 5.41) is 22.0. The first kappa shape index (κ1) is 25.4. The van der Waals surface area contributed by atoms with E-state index in [0.29, 0.717) is 24.4 Å². The number of ether oxygens (including phenoxy) is 1. The molecule has 0 aliphatic heterocycles. The van der Waals surface area contributed by atoms with Crippen LogP contribution in [0, 0.1) is 35.0 Å². The predicted molar refractivity (Wildman–Crippen MR) is 110 cm³/mol. The molecule has 0 aliphatic carbocycles. The lowest BCUT2D eigenvalue weighted by Crippen LogP contribution is -2.34. The van der Waals surface area contributed by atoms with Crippen molar-refractivity contribution in [2.75, 3.05) is 33.4 Å². The van der Waals surface area contributed by atoms with Crippen LogP contribution in [-0.4, -0.2) is 49.2 Å². The minimum Gasteiger partial charge on any atom is -0.396 e. The fourth-order valence-corrected chi connectivity index (χ4v) is 3.89. The summed E-state index contributed by atoms with van der Waals surface area (Å²) in [6.45, 7) is 14.5. The SMILES string of the molecule is CNCCC(CCO)C(C)(C#CC(C)(CC(C)C)OCCO)CC(C)C. The highest BCUT2D eigenvalue weighted by molar-refractivity contribution is 5.20. The zero-order valence-electron chi connectivity index (χ0n) is 18.2. The average molecular weight is 370 g/mol. The summed E-state index contributed by atoms with van der Waals surface area (Å²) in [5.74, 6) is 8.34. The van der Waals surface area contributed by atoms with Crippen molar-refractivity contribution in [2.24, 2.45) is 23.2 Å². The van der Waals surface area contributed by atoms with Gasteiger partial charge in [0.15, 0.2) is 0 Å². The second-order valence-corrected chi connectivity index (χ2v) is 8.77. The van der Waals surface area contributed by atoms with Crippen LogP contribution in [0.15, 0.2) is 0 Å². The van der Waals surface area contributed by atoms with E-state index >= 15 is 0 Å². The Balaban J connectivity index is 5.71. The first-order valence-corrected chi connectivity index (χ1v) is 10.2. The van der Waals surface area contributed by atoms with Crippen molar-refractivity contribution in [1.29, 1.82) is 0 Å². The number of aliphatic hydroxyl groups excluding tert-OH is 2. The van der Waals surface area contributed by atoms with Crippen LogP contribution in [0.2, 0.25) is 0 Å². The third-order valence-electron chi connectivity index (χ3n) is 4.88. The van der Waals surface area contributed by atoms with Crippen LogP contribution in [0.1, 0.15) is 67.2 Å². The highest BCUT2D eigenvalue weighted by Crippen LogP contribution is 2.38. The Hall–Kier alpha value is -0.600. The Morgan fingerprint density at radius 3 is 2.00 bits per heavy atom. The number of hydrogen-bond acceptors (Lipinski definition) is 4. The molecule has 0 saturated carbocycles. The molecule has 0 saturated heterocycles. The Morgan fingerprint density at radius 2 is 1.54 bits per heavy atom. The lowest BCUT2D eigenvalue weighted by Gasteiger charge is -2.36. The third-order valence-corrected chi connectivity index (χ3v) is 4.88. The molecule has 0 aromatic carbocycles. The van der Waals surface area contributed by atoms with E-state index in [1.165, 1.54) is 0 Å². The maximum Gasteiger partial charge on any atom is 0.126 e. The summed E-state index contributed by atoms with van der Waals surface area (Å²) in [6.07, 6.45) is 3.58. The molecule has 0 aliphatic rings. The molecule has 3 atom stereocenters. The van der Waals surface area contributed by atoms with Gasteiger partial charge in [0.25, 0.3) is 0 Å². The topological polar surface area (TPSA) is 61.7 Å². The summed E-state index contributed by atoms with van der Waals surface area (Å²) < 4.78 is 5.93. The fourth-order valence-electron chi connectivity index (χ4n) is 3.89. The van der Waals surface area contributed by atoms with Crippen molar-refractivity contribution in [3.8, 4) is 11.8 Å². The minimum absolute atomic E-state index is 0.00787. The molecule has 0 fully saturated rings. The Kier molecular flexibility index (Phi) is 12.4. The molecule has 4 heteroatoms. The van der Waals surface area contributed by atoms with Crippen LogP contribution in [0.3, 0.4) is 0 Å². The summed E-state index contributed by atoms with van der Waals surface area (Å²) in [4.78, 5) is 0. The number of aliphatic hydroxyl groups is 2. The second-order valence-electron chi connectivity index (χ2n) is 8.77. The number of rotatable bonds is 13. The van der Waals surface area contributed by atoms with Crippen LogP contribution >= 0.6 is 0 Å². The van der Waals surface area contributed by atoms with Gasteiger partial charge in [-0.2, -0.15) is 0 Å². The third kappa shape index (κ3) is 9.92. The molecule has 0 rings (SSSR count). The molecule has 0 aromatic rings. The van der Waals surface area contributed by atoms with E-state index in [1.807, 2.05) is 14.0 Å². The van der Waals surface area contributed by atoms with Gasteiger partial charge < -0.3 is 20.3 Å². The van der Waals surface area contributed by atoms with E-state index in [9.17, 15) is 5.11 Å². The van der Waals surface area contributed by atoms with Crippen molar-refractivity contribution >= 4 is 0 Å². The molecule has 0 amide bonds. The van der Waals surface area contributed by atoms with E-state index in [0.717, 1.165) is 32.2 Å². The summed E-state index contributed by atoms with van der Waals surface area (Å²) in [7, 11) is 1.96. The van der Waals surface area contributed by atoms with Gasteiger partial charge in [-0.25, -0.2) is 0 Å². The Bertz CT molecular complexity index is 427. The molecule has 0 bridgehead atoms. The largest absolute Gasteiger partial charge is 0.396 e. The van der Waals surface area contributed by atoms with Crippen molar-refractivity contribution in [3.63, 3.8) is 0 Å². The van der Waals surface area contributed by atoms with Gasteiger partial charge in [-0.05, 0) is 70.9 Å². The molecule has 154 valence electrons. The molecule has 0 spiro atoms. The number of nitrogens with one attached hydrogen (secondary N) is 1. The Labute approximate surface area is 162 Å². The van der Waals surface area contributed by atoms with Crippen LogP contribution < -0.4 is 5.32 Å². The van der Waals surface area contributed by atoms with E-state index in [2.05, 4.69) is 51.8 Å². The first-order chi connectivity index (χ1) is 12.1. The molecule has 26 heavy (non-hydrogen) atoms. The highest BCUT2D eigenvalue weighted by Gasteiger charge is 2.34. The predicted octanol–water partition coefficient (Wildman–Crippen LogP) is 3.46. The van der Waals surface area contributed by atoms with Gasteiger partial charge in [-0.1, -0.05) is 39.5 Å². The van der Waals surface area contributed by atoms with Crippen LogP contribution in [-0.2, 0) is 4.74 Å². The fraction of sp³-hybridized carbons (Fsp3) is 0.909. The monoisotopic (exact) mass is 369 g/mol. The molecule has 3 unspecified atom stereocenters. The van der Waals surface area contributed by atoms with Gasteiger partial charge in [-0.15, -0.1) is 0 Å². The zero-order valence-corrected chi connectivity index (χ0v) is 18.2. The lowest BCUT2D eigenvalue weighted by atomic mass is 9.69. The van der Waals surface area contributed by atoms with E-state index < -0.39 is 5.60 Å². The summed E-state index contributed by atoms with van der Waals surface area (Å²) >= 11 is 0. The quantitative estimate of drug-likeness (QED) is 0.435. The maximum atomic E-state index is 9.58. The molecule has 4 nitrogen and oxygen atoms in total. The van der Waals surface area contributed by atoms with Gasteiger partial charge >= 0.3 is 0 Å². The van der Waals surface area contributed by atoms with Crippen LogP contribution in [0.25, 0.3) is 0 Å². The highest BCUT2D eigenvalue weighted by atomic mass is 16.5. The standard InChI is InChI=1S/C22H43NO3/c1-18(2)16-21(5,20(9-13-24)8-12-23-7)10-11-22(6,17-19(3)4)26-15-14-25/h18-20,23-25H,8-9,12-17H2,1-7H3.